The number of nitrogens with zero attached hydrogens (tertiary/aromatic N) is 2. The number of alkyl carbamates (subject to hydrolysis) is 1. The van der Waals surface area contributed by atoms with Crippen LogP contribution in [0, 0.1) is 19.7 Å². The lowest BCUT2D eigenvalue weighted by Crippen LogP contribution is -2.32. The summed E-state index contributed by atoms with van der Waals surface area (Å²) in [6.45, 7) is 6.00. The molecule has 1 aliphatic carbocycles. The van der Waals surface area contributed by atoms with Gasteiger partial charge in [0.2, 0.25) is 0 Å². The second kappa shape index (κ2) is 6.65. The summed E-state index contributed by atoms with van der Waals surface area (Å²) in [5, 5.41) is 3.85. The first kappa shape index (κ1) is 18.8. The SMILES string of the molecule is CCOC(=O)NC1CCc2c(C)c(F)cc3nc4c(c1c23)Cn1c-4ccc(C)c1=O. The van der Waals surface area contributed by atoms with Crippen molar-refractivity contribution in [2.45, 2.75) is 46.2 Å². The van der Waals surface area contributed by atoms with Crippen molar-refractivity contribution >= 4 is 17.0 Å². The fourth-order valence-corrected chi connectivity index (χ4v) is 4.81. The highest BCUT2D eigenvalue weighted by Gasteiger charge is 2.34. The average molecular weight is 407 g/mol. The number of carbonyl (C=O) groups excluding carboxylic acids is 1. The maximum Gasteiger partial charge on any atom is 0.407 e. The van der Waals surface area contributed by atoms with Crippen LogP contribution in [-0.4, -0.2) is 22.3 Å². The molecule has 3 aromatic rings. The Bertz CT molecular complexity index is 1300. The number of aromatic nitrogens is 2. The fourth-order valence-electron chi connectivity index (χ4n) is 4.81. The summed E-state index contributed by atoms with van der Waals surface area (Å²) < 4.78 is 21.5. The summed E-state index contributed by atoms with van der Waals surface area (Å²) >= 11 is 0. The second-order valence-electron chi connectivity index (χ2n) is 7.96. The lowest BCUT2D eigenvalue weighted by molar-refractivity contribution is 0.147. The van der Waals surface area contributed by atoms with Crippen molar-refractivity contribution < 1.29 is 13.9 Å². The number of hydrogen-bond donors (Lipinski definition) is 1. The van der Waals surface area contributed by atoms with Crippen molar-refractivity contribution in [3.8, 4) is 11.4 Å². The molecule has 1 N–H and O–H groups in total. The van der Waals surface area contributed by atoms with Crippen molar-refractivity contribution in [3.05, 3.63) is 62.2 Å². The van der Waals surface area contributed by atoms with Gasteiger partial charge in [0.05, 0.1) is 36.1 Å². The summed E-state index contributed by atoms with van der Waals surface area (Å²) in [5.74, 6) is -0.285. The van der Waals surface area contributed by atoms with E-state index in [1.165, 1.54) is 6.07 Å². The summed E-state index contributed by atoms with van der Waals surface area (Å²) in [4.78, 5) is 29.7. The molecule has 0 saturated heterocycles. The van der Waals surface area contributed by atoms with Gasteiger partial charge in [0.25, 0.3) is 5.56 Å². The first-order valence-electron chi connectivity index (χ1n) is 10.2. The Morgan fingerprint density at radius 1 is 1.33 bits per heavy atom. The van der Waals surface area contributed by atoms with Gasteiger partial charge in [-0.2, -0.15) is 0 Å². The topological polar surface area (TPSA) is 73.2 Å². The second-order valence-corrected chi connectivity index (χ2v) is 7.96. The van der Waals surface area contributed by atoms with Gasteiger partial charge in [-0.25, -0.2) is 14.2 Å². The minimum atomic E-state index is -0.480. The van der Waals surface area contributed by atoms with Gasteiger partial charge in [0.1, 0.15) is 5.82 Å². The Morgan fingerprint density at radius 2 is 2.13 bits per heavy atom. The van der Waals surface area contributed by atoms with E-state index < -0.39 is 6.09 Å². The predicted octanol–water partition coefficient (Wildman–Crippen LogP) is 3.91. The van der Waals surface area contributed by atoms with Crippen molar-refractivity contribution in [2.24, 2.45) is 0 Å². The minimum Gasteiger partial charge on any atom is -0.450 e. The van der Waals surface area contributed by atoms with Crippen molar-refractivity contribution in [1.29, 1.82) is 0 Å². The molecule has 1 aromatic carbocycles. The van der Waals surface area contributed by atoms with Crippen LogP contribution in [0.5, 0.6) is 0 Å². The standard InChI is InChI=1S/C23H22FN3O3/c1-4-30-23(29)26-16-7-6-13-12(3)15(24)9-17-19(13)20(16)14-10-27-18(21(14)25-17)8-5-11(2)22(27)28/h5,8-9,16H,4,6-7,10H2,1-3H3,(H,26,29). The van der Waals surface area contributed by atoms with E-state index in [2.05, 4.69) is 5.32 Å². The highest BCUT2D eigenvalue weighted by Crippen LogP contribution is 2.44. The molecule has 0 radical (unpaired) electrons. The van der Waals surface area contributed by atoms with Crippen LogP contribution in [0.1, 0.15) is 47.2 Å². The molecule has 30 heavy (non-hydrogen) atoms. The van der Waals surface area contributed by atoms with Crippen molar-refractivity contribution in [1.82, 2.24) is 14.9 Å². The number of fused-ring (bicyclic) bond motifs is 4. The number of benzene rings is 1. The summed E-state index contributed by atoms with van der Waals surface area (Å²) in [6.07, 6.45) is 0.787. The molecule has 1 aliphatic heterocycles. The maximum absolute atomic E-state index is 14.6. The molecule has 154 valence electrons. The van der Waals surface area contributed by atoms with Crippen molar-refractivity contribution in [2.75, 3.05) is 6.61 Å². The number of carbonyl (C=O) groups is 1. The van der Waals surface area contributed by atoms with Crippen LogP contribution in [0.15, 0.2) is 23.0 Å². The first-order valence-corrected chi connectivity index (χ1v) is 10.2. The zero-order chi connectivity index (χ0) is 21.2. The van der Waals surface area contributed by atoms with Crippen LogP contribution < -0.4 is 10.9 Å². The fraction of sp³-hybridized carbons (Fsp3) is 0.348. The summed E-state index contributed by atoms with van der Waals surface area (Å²) in [5.41, 5.74) is 5.94. The molecular weight excluding hydrogens is 385 g/mol. The van der Waals surface area contributed by atoms with E-state index in [-0.39, 0.29) is 24.0 Å². The van der Waals surface area contributed by atoms with Gasteiger partial charge in [-0.1, -0.05) is 6.07 Å². The van der Waals surface area contributed by atoms with Gasteiger partial charge in [-0.05, 0) is 56.4 Å². The first-order chi connectivity index (χ1) is 14.4. The summed E-state index contributed by atoms with van der Waals surface area (Å²) in [7, 11) is 0. The van der Waals surface area contributed by atoms with Crippen molar-refractivity contribution in [3.63, 3.8) is 0 Å². The van der Waals surface area contributed by atoms with Crippen LogP contribution in [0.2, 0.25) is 0 Å². The Hall–Kier alpha value is -3.22. The number of ether oxygens (including phenoxy) is 1. The molecule has 5 rings (SSSR count). The predicted molar refractivity (Wildman–Crippen MR) is 111 cm³/mol. The molecule has 2 aromatic heterocycles. The zero-order valence-electron chi connectivity index (χ0n) is 17.1. The third-order valence-electron chi connectivity index (χ3n) is 6.27. The van der Waals surface area contributed by atoms with Gasteiger partial charge in [-0.3, -0.25) is 4.79 Å². The highest BCUT2D eigenvalue weighted by atomic mass is 19.1. The van der Waals surface area contributed by atoms with E-state index in [1.54, 1.807) is 31.4 Å². The van der Waals surface area contributed by atoms with E-state index in [0.29, 0.717) is 41.7 Å². The number of halogens is 1. The lowest BCUT2D eigenvalue weighted by atomic mass is 9.82. The molecule has 3 heterocycles. The van der Waals surface area contributed by atoms with Crippen LogP contribution in [0.4, 0.5) is 9.18 Å². The van der Waals surface area contributed by atoms with Gasteiger partial charge in [0.15, 0.2) is 0 Å². The van der Waals surface area contributed by atoms with Crippen LogP contribution in [-0.2, 0) is 17.7 Å². The number of nitrogens with one attached hydrogen (secondary N) is 1. The molecule has 2 aliphatic rings. The van der Waals surface area contributed by atoms with Crippen LogP contribution >= 0.6 is 0 Å². The number of hydrogen-bond acceptors (Lipinski definition) is 4. The van der Waals surface area contributed by atoms with E-state index in [1.807, 2.05) is 6.07 Å². The third kappa shape index (κ3) is 2.57. The minimum absolute atomic E-state index is 0.0601. The normalized spacial score (nSPS) is 16.3. The highest BCUT2D eigenvalue weighted by molar-refractivity contribution is 5.93. The lowest BCUT2D eigenvalue weighted by Gasteiger charge is -2.29. The largest absolute Gasteiger partial charge is 0.450 e. The zero-order valence-corrected chi connectivity index (χ0v) is 17.1. The third-order valence-corrected chi connectivity index (χ3v) is 6.27. The number of pyridine rings is 2. The quantitative estimate of drug-likeness (QED) is 0.547. The molecule has 0 saturated carbocycles. The van der Waals surface area contributed by atoms with Gasteiger partial charge >= 0.3 is 6.09 Å². The van der Waals surface area contributed by atoms with E-state index in [4.69, 9.17) is 9.72 Å². The molecule has 0 bridgehead atoms. The maximum atomic E-state index is 14.6. The van der Waals surface area contributed by atoms with Gasteiger partial charge < -0.3 is 14.6 Å². The molecule has 1 amide bonds. The van der Waals surface area contributed by atoms with E-state index in [9.17, 15) is 14.0 Å². The smallest absolute Gasteiger partial charge is 0.407 e. The molecule has 6 nitrogen and oxygen atoms in total. The molecule has 0 spiro atoms. The number of rotatable bonds is 2. The van der Waals surface area contributed by atoms with Gasteiger partial charge in [-0.15, -0.1) is 0 Å². The molecule has 0 fully saturated rings. The van der Waals surface area contributed by atoms with Gasteiger partial charge in [0, 0.05) is 22.6 Å². The van der Waals surface area contributed by atoms with Crippen LogP contribution in [0.3, 0.4) is 0 Å². The Balaban J connectivity index is 1.80. The summed E-state index contributed by atoms with van der Waals surface area (Å²) in [6, 6.07) is 4.85. The number of amides is 1. The van der Waals surface area contributed by atoms with E-state index >= 15 is 0 Å². The van der Waals surface area contributed by atoms with E-state index in [0.717, 1.165) is 27.8 Å². The Morgan fingerprint density at radius 3 is 2.90 bits per heavy atom. The molecule has 1 unspecified atom stereocenters. The molecular formula is C23H22FN3O3. The monoisotopic (exact) mass is 407 g/mol. The van der Waals surface area contributed by atoms with Crippen LogP contribution in [0.25, 0.3) is 22.3 Å². The Kier molecular flexibility index (Phi) is 4.17. The molecule has 7 heteroatoms. The molecule has 1 atom stereocenters. The Labute approximate surface area is 172 Å². The average Bonchev–Trinajstić information content (AvgIpc) is 3.08. The number of aryl methyl sites for hydroxylation is 2.